The van der Waals surface area contributed by atoms with Crippen LogP contribution in [0.25, 0.3) is 190 Å². The van der Waals surface area contributed by atoms with Gasteiger partial charge >= 0.3 is 0 Å². The number of para-hydroxylation sites is 3. The van der Waals surface area contributed by atoms with Gasteiger partial charge in [0.15, 0.2) is 34.5 Å². The summed E-state index contributed by atoms with van der Waals surface area (Å²) in [5, 5.41) is 3.82. The molecule has 0 amide bonds. The monoisotopic (exact) mass is 1200 g/mol. The average molecular weight is 1200 g/mol. The lowest BCUT2D eigenvalue weighted by Crippen LogP contribution is -2.01. The molecule has 0 saturated heterocycles. The molecule has 0 aliphatic rings. The van der Waals surface area contributed by atoms with Crippen molar-refractivity contribution in [2.45, 2.75) is 0 Å². The summed E-state index contributed by atoms with van der Waals surface area (Å²) < 4.78 is 13.6. The first-order valence-electron chi connectivity index (χ1n) is 31.3. The lowest BCUT2D eigenvalue weighted by Gasteiger charge is -2.15. The number of hydrogen-bond donors (Lipinski definition) is 0. The zero-order valence-electron chi connectivity index (χ0n) is 50.4. The van der Waals surface area contributed by atoms with Crippen LogP contribution < -0.4 is 0 Å². The second-order valence-corrected chi connectivity index (χ2v) is 23.5. The number of benzene rings is 12. The zero-order valence-corrected chi connectivity index (χ0v) is 50.4. The fourth-order valence-electron chi connectivity index (χ4n) is 13.2. The minimum Gasteiger partial charge on any atom is -0.454 e. The molecule has 0 N–H and O–H groups in total. The molecule has 0 fully saturated rings. The summed E-state index contributed by atoms with van der Waals surface area (Å²) in [6, 6.07) is 106. The molecule has 18 rings (SSSR count). The molecule has 0 radical (unpaired) electrons. The van der Waals surface area contributed by atoms with Crippen LogP contribution in [0, 0.1) is 0 Å². The van der Waals surface area contributed by atoms with Crippen molar-refractivity contribution < 1.29 is 8.83 Å². The van der Waals surface area contributed by atoms with Crippen LogP contribution in [0.5, 0.6) is 0 Å². The Morgan fingerprint density at radius 1 is 0.202 bits per heavy atom. The number of hydrogen-bond acceptors (Lipinski definition) is 9. The van der Waals surface area contributed by atoms with E-state index in [0.29, 0.717) is 34.5 Å². The first kappa shape index (κ1) is 54.1. The lowest BCUT2D eigenvalue weighted by atomic mass is 9.92. The van der Waals surface area contributed by atoms with Gasteiger partial charge in [0.05, 0.1) is 22.4 Å². The third-order valence-corrected chi connectivity index (χ3v) is 17.8. The van der Waals surface area contributed by atoms with Gasteiger partial charge in [0.2, 0.25) is 0 Å². The van der Waals surface area contributed by atoms with Crippen molar-refractivity contribution in [2.75, 3.05) is 0 Å². The maximum atomic E-state index is 6.85. The van der Waals surface area contributed by atoms with Gasteiger partial charge in [-0.25, -0.2) is 34.9 Å². The van der Waals surface area contributed by atoms with Crippen molar-refractivity contribution in [1.82, 2.24) is 34.9 Å². The molecule has 0 bridgehead atoms. The second-order valence-electron chi connectivity index (χ2n) is 23.5. The molecule has 12 aromatic carbocycles. The molecule has 0 spiro atoms. The van der Waals surface area contributed by atoms with E-state index in [4.69, 9.17) is 43.7 Å². The van der Waals surface area contributed by atoms with E-state index in [1.54, 1.807) is 0 Å². The van der Waals surface area contributed by atoms with Crippen molar-refractivity contribution >= 4 is 65.9 Å². The molecule has 94 heavy (non-hydrogen) atoms. The van der Waals surface area contributed by atoms with Gasteiger partial charge in [-0.15, -0.1) is 0 Å². The number of nitrogens with zero attached hydrogens (tertiary/aromatic N) is 7. The van der Waals surface area contributed by atoms with Crippen molar-refractivity contribution in [1.29, 1.82) is 0 Å². The molecular weight excluding hydrogens is 1150 g/mol. The predicted octanol–water partition coefficient (Wildman–Crippen LogP) is 21.9. The van der Waals surface area contributed by atoms with Gasteiger partial charge in [-0.2, -0.15) is 0 Å². The van der Waals surface area contributed by atoms with Crippen LogP contribution in [0.15, 0.2) is 318 Å². The lowest BCUT2D eigenvalue weighted by molar-refractivity contribution is 0.669. The highest BCUT2D eigenvalue weighted by Gasteiger charge is 2.25. The fourth-order valence-corrected chi connectivity index (χ4v) is 13.2. The summed E-state index contributed by atoms with van der Waals surface area (Å²) in [5.74, 6) is 2.25. The third-order valence-electron chi connectivity index (χ3n) is 17.8. The van der Waals surface area contributed by atoms with Crippen LogP contribution in [0.2, 0.25) is 0 Å². The number of fused-ring (bicyclic) bond motifs is 8. The molecular formula is C85H51N7O2. The van der Waals surface area contributed by atoms with Crippen molar-refractivity contribution in [3.8, 4) is 124 Å². The van der Waals surface area contributed by atoms with Crippen LogP contribution in [0.4, 0.5) is 0 Å². The Balaban J connectivity index is 0.733. The molecule has 0 aliphatic carbocycles. The largest absolute Gasteiger partial charge is 0.454 e. The molecule has 0 unspecified atom stereocenters. The smallest absolute Gasteiger partial charge is 0.164 e. The highest BCUT2D eigenvalue weighted by atomic mass is 16.3. The van der Waals surface area contributed by atoms with Crippen molar-refractivity contribution in [3.05, 3.63) is 309 Å². The predicted molar refractivity (Wildman–Crippen MR) is 380 cm³/mol. The number of aromatic nitrogens is 7. The van der Waals surface area contributed by atoms with E-state index in [2.05, 4.69) is 212 Å². The van der Waals surface area contributed by atoms with Gasteiger partial charge < -0.3 is 8.83 Å². The van der Waals surface area contributed by atoms with Crippen LogP contribution >= 0.6 is 0 Å². The Bertz CT molecular complexity index is 5910. The van der Waals surface area contributed by atoms with Crippen molar-refractivity contribution in [2.24, 2.45) is 0 Å². The van der Waals surface area contributed by atoms with E-state index in [1.165, 1.54) is 0 Å². The van der Waals surface area contributed by atoms with Gasteiger partial charge in [0, 0.05) is 66.1 Å². The summed E-state index contributed by atoms with van der Waals surface area (Å²) in [5.41, 5.74) is 23.5. The number of furan rings is 2. The number of rotatable bonds is 11. The Morgan fingerprint density at radius 2 is 0.564 bits per heavy atom. The van der Waals surface area contributed by atoms with Gasteiger partial charge in [0.1, 0.15) is 22.2 Å². The van der Waals surface area contributed by atoms with E-state index >= 15 is 0 Å². The van der Waals surface area contributed by atoms with Crippen molar-refractivity contribution in [3.63, 3.8) is 0 Å². The van der Waals surface area contributed by atoms with Crippen LogP contribution in [-0.2, 0) is 0 Å². The Labute approximate surface area is 539 Å². The topological polar surface area (TPSA) is 117 Å². The van der Waals surface area contributed by atoms with Gasteiger partial charge in [-0.1, -0.05) is 261 Å². The Kier molecular flexibility index (Phi) is 13.0. The molecule has 9 heteroatoms. The Morgan fingerprint density at radius 3 is 1.12 bits per heavy atom. The highest BCUT2D eigenvalue weighted by Crippen LogP contribution is 2.46. The average Bonchev–Trinajstić information content (AvgIpc) is 1.49. The molecule has 18 aromatic rings. The summed E-state index contributed by atoms with van der Waals surface area (Å²) in [6.45, 7) is 0. The van der Waals surface area contributed by atoms with Gasteiger partial charge in [0.25, 0.3) is 0 Å². The normalized spacial score (nSPS) is 11.6. The summed E-state index contributed by atoms with van der Waals surface area (Å²) in [4.78, 5) is 37.1. The minimum absolute atomic E-state index is 0.535. The Hall–Kier alpha value is -12.9. The first-order chi connectivity index (χ1) is 46.6. The standard InChI is InChI=1S/C85H51N7O2/c1-4-21-52(22-5-1)53-39-43-57(44-40-53)82-90-83(92-85(91-82)65-32-13-11-30-63(65)76-66-33-14-17-36-70(66)86-78-68-34-15-18-37-74(68)93-80(76)78)58-45-41-54(42-46-58)59-27-20-28-60(49-59)61-47-48-67-73(50-61)87-79-69-35-16-19-38-75(69)94-81(79)77(67)62-29-10-12-31-64(62)84-88-71(55-23-6-2-7-24-55)51-72(89-84)56-25-8-3-9-26-56/h1-51H. The molecule has 6 heterocycles. The van der Waals surface area contributed by atoms with E-state index in [-0.39, 0.29) is 0 Å². The highest BCUT2D eigenvalue weighted by molar-refractivity contribution is 6.18. The minimum atomic E-state index is 0.535. The molecule has 438 valence electrons. The molecule has 0 saturated carbocycles. The van der Waals surface area contributed by atoms with E-state index in [0.717, 1.165) is 155 Å². The molecule has 6 aromatic heterocycles. The van der Waals surface area contributed by atoms with E-state index in [9.17, 15) is 0 Å². The fraction of sp³-hybridized carbons (Fsp3) is 0. The third kappa shape index (κ3) is 9.54. The van der Waals surface area contributed by atoms with Crippen LogP contribution in [0.1, 0.15) is 0 Å². The molecule has 9 nitrogen and oxygen atoms in total. The summed E-state index contributed by atoms with van der Waals surface area (Å²) in [6.07, 6.45) is 0. The van der Waals surface area contributed by atoms with Crippen LogP contribution in [0.3, 0.4) is 0 Å². The van der Waals surface area contributed by atoms with Gasteiger partial charge in [-0.3, -0.25) is 0 Å². The second kappa shape index (κ2) is 22.6. The van der Waals surface area contributed by atoms with Crippen LogP contribution in [-0.4, -0.2) is 34.9 Å². The van der Waals surface area contributed by atoms with E-state index in [1.807, 2.05) is 97.1 Å². The van der Waals surface area contributed by atoms with Gasteiger partial charge in [-0.05, 0) is 93.0 Å². The number of pyridine rings is 2. The summed E-state index contributed by atoms with van der Waals surface area (Å²) in [7, 11) is 0. The van der Waals surface area contributed by atoms with E-state index < -0.39 is 0 Å². The maximum Gasteiger partial charge on any atom is 0.164 e. The quantitative estimate of drug-likeness (QED) is 0.125. The molecule has 0 atom stereocenters. The SMILES string of the molecule is c1ccc(-c2ccc(-c3nc(-c4ccc(-c5cccc(-c6ccc7c(-c8ccccc8-c8nc(-c9ccccc9)cc(-c9ccccc9)n8)c8oc9ccccc9c8nc7c6)c5)cc4)nc(-c4ccccc4-c4c5ccccc5nc5c4oc4ccccc45)n3)cc2)cc1. The zero-order chi connectivity index (χ0) is 62.1. The first-order valence-corrected chi connectivity index (χ1v) is 31.3. The maximum absolute atomic E-state index is 6.85. The summed E-state index contributed by atoms with van der Waals surface area (Å²) >= 11 is 0. The molecule has 0 aliphatic heterocycles.